The molecule has 0 unspecified atom stereocenters. The number of benzene rings is 1. The van der Waals surface area contributed by atoms with Crippen molar-refractivity contribution in [3.8, 4) is 0 Å². The topological polar surface area (TPSA) is 12.0 Å². The summed E-state index contributed by atoms with van der Waals surface area (Å²) in [5, 5.41) is 3.60. The Bertz CT molecular complexity index is 325. The van der Waals surface area contributed by atoms with E-state index >= 15 is 0 Å². The Morgan fingerprint density at radius 2 is 1.76 bits per heavy atom. The summed E-state index contributed by atoms with van der Waals surface area (Å²) in [5.74, 6) is 1.87. The average molecular weight is 343 g/mol. The summed E-state index contributed by atoms with van der Waals surface area (Å²) in [7, 11) is 0. The van der Waals surface area contributed by atoms with Crippen LogP contribution in [0.3, 0.4) is 0 Å². The van der Waals surface area contributed by atoms with Gasteiger partial charge in [0.2, 0.25) is 0 Å². The van der Waals surface area contributed by atoms with Gasteiger partial charge in [-0.3, -0.25) is 0 Å². The van der Waals surface area contributed by atoms with Crippen molar-refractivity contribution in [2.45, 2.75) is 39.2 Å². The van der Waals surface area contributed by atoms with Gasteiger partial charge in [-0.05, 0) is 71.5 Å². The molecule has 17 heavy (non-hydrogen) atoms. The van der Waals surface area contributed by atoms with Crippen LogP contribution in [0.15, 0.2) is 24.3 Å². The van der Waals surface area contributed by atoms with E-state index in [2.05, 4.69) is 59.1 Å². The van der Waals surface area contributed by atoms with Crippen molar-refractivity contribution in [2.24, 2.45) is 11.8 Å². The first-order valence-corrected chi connectivity index (χ1v) is 7.77. The first-order valence-electron chi connectivity index (χ1n) is 6.69. The van der Waals surface area contributed by atoms with Crippen molar-refractivity contribution in [1.29, 1.82) is 0 Å². The fourth-order valence-corrected chi connectivity index (χ4v) is 2.92. The molecule has 0 amide bonds. The number of halogens is 1. The first kappa shape index (κ1) is 13.3. The van der Waals surface area contributed by atoms with E-state index in [9.17, 15) is 0 Å². The van der Waals surface area contributed by atoms with Crippen molar-refractivity contribution in [3.05, 3.63) is 33.4 Å². The van der Waals surface area contributed by atoms with E-state index in [0.717, 1.165) is 18.4 Å². The summed E-state index contributed by atoms with van der Waals surface area (Å²) in [6, 6.07) is 8.80. The number of nitrogens with one attached hydrogen (secondary N) is 1. The molecule has 0 aromatic heterocycles. The zero-order valence-electron chi connectivity index (χ0n) is 10.6. The zero-order valence-corrected chi connectivity index (χ0v) is 12.7. The van der Waals surface area contributed by atoms with E-state index < -0.39 is 0 Å². The molecule has 1 N–H and O–H groups in total. The van der Waals surface area contributed by atoms with E-state index in [4.69, 9.17) is 0 Å². The zero-order chi connectivity index (χ0) is 12.1. The lowest BCUT2D eigenvalue weighted by atomic mass is 9.83. The Labute approximate surface area is 119 Å². The number of hydrogen-bond acceptors (Lipinski definition) is 1. The highest BCUT2D eigenvalue weighted by Gasteiger charge is 2.17. The van der Waals surface area contributed by atoms with Crippen molar-refractivity contribution in [3.63, 3.8) is 0 Å². The van der Waals surface area contributed by atoms with Gasteiger partial charge < -0.3 is 5.32 Å². The molecule has 1 saturated carbocycles. The molecular weight excluding hydrogens is 321 g/mol. The Morgan fingerprint density at radius 3 is 2.41 bits per heavy atom. The fourth-order valence-electron chi connectivity index (χ4n) is 2.56. The second-order valence-electron chi connectivity index (χ2n) is 5.38. The van der Waals surface area contributed by atoms with Crippen molar-refractivity contribution < 1.29 is 0 Å². The van der Waals surface area contributed by atoms with E-state index in [1.807, 2.05) is 0 Å². The van der Waals surface area contributed by atoms with Crippen LogP contribution in [-0.4, -0.2) is 6.54 Å². The third-order valence-corrected chi connectivity index (χ3v) is 4.53. The van der Waals surface area contributed by atoms with Gasteiger partial charge in [0.05, 0.1) is 0 Å². The smallest absolute Gasteiger partial charge is 0.0205 e. The molecule has 0 aliphatic heterocycles. The Hall–Kier alpha value is -0.0900. The average Bonchev–Trinajstić information content (AvgIpc) is 2.34. The Balaban J connectivity index is 1.67. The van der Waals surface area contributed by atoms with Gasteiger partial charge in [0, 0.05) is 10.1 Å². The van der Waals surface area contributed by atoms with E-state index in [-0.39, 0.29) is 0 Å². The van der Waals surface area contributed by atoms with E-state index in [1.165, 1.54) is 41.4 Å². The highest BCUT2D eigenvalue weighted by molar-refractivity contribution is 14.1. The molecule has 0 atom stereocenters. The third kappa shape index (κ3) is 4.59. The highest BCUT2D eigenvalue weighted by atomic mass is 127. The van der Waals surface area contributed by atoms with Crippen LogP contribution in [0.4, 0.5) is 0 Å². The second-order valence-corrected chi connectivity index (χ2v) is 6.63. The van der Waals surface area contributed by atoms with Crippen LogP contribution in [0.2, 0.25) is 0 Å². The van der Waals surface area contributed by atoms with Crippen molar-refractivity contribution in [2.75, 3.05) is 6.54 Å². The normalized spacial score (nSPS) is 24.8. The minimum absolute atomic E-state index is 0.912. The molecule has 1 fully saturated rings. The molecule has 1 aromatic rings. The van der Waals surface area contributed by atoms with Crippen LogP contribution in [0.5, 0.6) is 0 Å². The molecule has 2 heteroatoms. The molecule has 0 radical (unpaired) electrons. The lowest BCUT2D eigenvalue weighted by molar-refractivity contribution is 0.281. The van der Waals surface area contributed by atoms with Gasteiger partial charge in [-0.1, -0.05) is 31.9 Å². The fraction of sp³-hybridized carbons (Fsp3) is 0.600. The third-order valence-electron chi connectivity index (χ3n) is 3.81. The monoisotopic (exact) mass is 343 g/mol. The molecule has 1 aromatic carbocycles. The molecule has 0 bridgehead atoms. The minimum atomic E-state index is 0.912. The largest absolute Gasteiger partial charge is 0.312 e. The van der Waals surface area contributed by atoms with E-state index in [1.54, 1.807) is 0 Å². The number of rotatable bonds is 4. The lowest BCUT2D eigenvalue weighted by Gasteiger charge is -2.26. The van der Waals surface area contributed by atoms with Gasteiger partial charge >= 0.3 is 0 Å². The van der Waals surface area contributed by atoms with Crippen LogP contribution in [-0.2, 0) is 6.54 Å². The molecule has 1 aliphatic carbocycles. The predicted molar refractivity (Wildman–Crippen MR) is 82.0 cm³/mol. The summed E-state index contributed by atoms with van der Waals surface area (Å²) >= 11 is 2.35. The van der Waals surface area contributed by atoms with Crippen LogP contribution in [0.1, 0.15) is 38.2 Å². The SMILES string of the molecule is CC1CCC(CNCc2ccc(I)cc2)CC1. The number of hydrogen-bond donors (Lipinski definition) is 1. The van der Waals surface area contributed by atoms with Crippen LogP contribution in [0, 0.1) is 15.4 Å². The molecule has 1 aliphatic rings. The van der Waals surface area contributed by atoms with Gasteiger partial charge in [0.15, 0.2) is 0 Å². The maximum Gasteiger partial charge on any atom is 0.0205 e. The van der Waals surface area contributed by atoms with Gasteiger partial charge in [-0.2, -0.15) is 0 Å². The molecule has 0 saturated heterocycles. The standard InChI is InChI=1S/C15H22IN/c1-12-2-4-13(5-3-12)10-17-11-14-6-8-15(16)9-7-14/h6-9,12-13,17H,2-5,10-11H2,1H3. The van der Waals surface area contributed by atoms with E-state index in [0.29, 0.717) is 0 Å². The Kier molecular flexibility index (Phi) is 5.29. The summed E-state index contributed by atoms with van der Waals surface area (Å²) in [6.45, 7) is 4.59. The summed E-state index contributed by atoms with van der Waals surface area (Å²) in [4.78, 5) is 0. The maximum atomic E-state index is 3.60. The maximum absolute atomic E-state index is 3.60. The highest BCUT2D eigenvalue weighted by Crippen LogP contribution is 2.27. The molecular formula is C15H22IN. The molecule has 0 spiro atoms. The van der Waals surface area contributed by atoms with Crippen LogP contribution < -0.4 is 5.32 Å². The first-order chi connectivity index (χ1) is 8.24. The van der Waals surface area contributed by atoms with Crippen molar-refractivity contribution >= 4 is 22.6 Å². The van der Waals surface area contributed by atoms with Crippen LogP contribution in [0.25, 0.3) is 0 Å². The summed E-state index contributed by atoms with van der Waals surface area (Å²) in [5.41, 5.74) is 1.40. The summed E-state index contributed by atoms with van der Waals surface area (Å²) in [6.07, 6.45) is 5.69. The quantitative estimate of drug-likeness (QED) is 0.808. The molecule has 1 nitrogen and oxygen atoms in total. The lowest BCUT2D eigenvalue weighted by Crippen LogP contribution is -2.25. The van der Waals surface area contributed by atoms with Gasteiger partial charge in [-0.25, -0.2) is 0 Å². The van der Waals surface area contributed by atoms with Crippen LogP contribution >= 0.6 is 22.6 Å². The molecule has 94 valence electrons. The molecule has 0 heterocycles. The van der Waals surface area contributed by atoms with Gasteiger partial charge in [0.25, 0.3) is 0 Å². The van der Waals surface area contributed by atoms with Gasteiger partial charge in [0.1, 0.15) is 0 Å². The van der Waals surface area contributed by atoms with Crippen molar-refractivity contribution in [1.82, 2.24) is 5.32 Å². The summed E-state index contributed by atoms with van der Waals surface area (Å²) < 4.78 is 1.31. The Morgan fingerprint density at radius 1 is 1.12 bits per heavy atom. The van der Waals surface area contributed by atoms with Gasteiger partial charge in [-0.15, -0.1) is 0 Å². The predicted octanol–water partition coefficient (Wildman–Crippen LogP) is 4.21. The molecule has 2 rings (SSSR count). The minimum Gasteiger partial charge on any atom is -0.312 e. The second kappa shape index (κ2) is 6.74.